The largest absolute Gasteiger partial charge is 0.180 e. The van der Waals surface area contributed by atoms with Crippen molar-refractivity contribution >= 4 is 19.9 Å². The molecule has 2 heteroatoms. The predicted molar refractivity (Wildman–Crippen MR) is 44.1 cm³/mol. The maximum absolute atomic E-state index is 4.20. The molecule has 0 rings (SSSR count). The van der Waals surface area contributed by atoms with Gasteiger partial charge in [-0.05, 0) is 5.75 Å². The molecule has 8 heavy (non-hydrogen) atoms. The van der Waals surface area contributed by atoms with Gasteiger partial charge in [0.05, 0.1) is 0 Å². The summed E-state index contributed by atoms with van der Waals surface area (Å²) in [6, 6.07) is 0. The lowest BCUT2D eigenvalue weighted by Crippen LogP contribution is -2.00. The second-order valence-electron chi connectivity index (χ2n) is 2.06. The quantitative estimate of drug-likeness (QED) is 0.436. The highest BCUT2D eigenvalue weighted by Gasteiger charge is 2.00. The molecule has 1 unspecified atom stereocenters. The zero-order valence-electron chi connectivity index (χ0n) is 5.72. The van der Waals surface area contributed by atoms with Gasteiger partial charge in [-0.1, -0.05) is 32.4 Å². The van der Waals surface area contributed by atoms with Crippen LogP contribution in [0.25, 0.3) is 0 Å². The molecule has 0 aliphatic carbocycles. The Hall–Kier alpha value is 0.415. The lowest BCUT2D eigenvalue weighted by atomic mass is 9.66. The van der Waals surface area contributed by atoms with E-state index < -0.39 is 0 Å². The minimum absolute atomic E-state index is 0.739. The lowest BCUT2D eigenvalue weighted by molar-refractivity contribution is 0.771. The maximum atomic E-state index is 4.20. The predicted octanol–water partition coefficient (Wildman–Crippen LogP) is 2.26. The molecule has 0 aliphatic rings. The Bertz CT molecular complexity index is 43.8. The van der Waals surface area contributed by atoms with Crippen LogP contribution in [0.2, 0.25) is 12.6 Å². The molecule has 0 saturated heterocycles. The fourth-order valence-electron chi connectivity index (χ4n) is 0.734. The summed E-state index contributed by atoms with van der Waals surface area (Å²) >= 11 is 4.20. The van der Waals surface area contributed by atoms with Crippen molar-refractivity contribution in [3.63, 3.8) is 0 Å². The Balaban J connectivity index is 3.07. The molecule has 0 fully saturated rings. The molecule has 1 radical (unpaired) electrons. The number of hydrogen-bond acceptors (Lipinski definition) is 1. The van der Waals surface area contributed by atoms with Crippen LogP contribution < -0.4 is 0 Å². The van der Waals surface area contributed by atoms with Gasteiger partial charge in [0.2, 0.25) is 0 Å². The van der Waals surface area contributed by atoms with Crippen molar-refractivity contribution < 1.29 is 0 Å². The maximum Gasteiger partial charge on any atom is 0.111 e. The minimum atomic E-state index is 0.739. The zero-order valence-corrected chi connectivity index (χ0v) is 6.62. The summed E-state index contributed by atoms with van der Waals surface area (Å²) < 4.78 is 0. The van der Waals surface area contributed by atoms with Gasteiger partial charge in [-0.2, -0.15) is 12.6 Å². The number of hydrogen-bond donors (Lipinski definition) is 1. The smallest absolute Gasteiger partial charge is 0.111 e. The highest BCUT2D eigenvalue weighted by molar-refractivity contribution is 7.80. The van der Waals surface area contributed by atoms with E-state index in [0.29, 0.717) is 0 Å². The molecule has 0 aliphatic heterocycles. The van der Waals surface area contributed by atoms with Gasteiger partial charge >= 0.3 is 0 Å². The Kier molecular flexibility index (Phi) is 5.84. The summed E-state index contributed by atoms with van der Waals surface area (Å²) in [6.45, 7) is 4.32. The molecule has 0 nitrogen and oxygen atoms in total. The summed E-state index contributed by atoms with van der Waals surface area (Å²) in [6.07, 6.45) is 2.57. The first-order valence-corrected chi connectivity index (χ1v) is 3.88. The topological polar surface area (TPSA) is 0 Å². The zero-order chi connectivity index (χ0) is 6.41. The fourth-order valence-corrected chi connectivity index (χ4v) is 1.13. The molecule has 0 aromatic carbocycles. The summed E-state index contributed by atoms with van der Waals surface area (Å²) in [5.74, 6) is 1.74. The van der Waals surface area contributed by atoms with E-state index in [9.17, 15) is 0 Å². The molecule has 1 atom stereocenters. The van der Waals surface area contributed by atoms with Crippen LogP contribution in [0.5, 0.6) is 0 Å². The third-order valence-corrected chi connectivity index (χ3v) is 1.83. The van der Waals surface area contributed by atoms with Crippen LogP contribution in [0.3, 0.4) is 0 Å². The van der Waals surface area contributed by atoms with E-state index in [-0.39, 0.29) is 0 Å². The molecular weight excluding hydrogens is 115 g/mol. The average molecular weight is 129 g/mol. The Morgan fingerprint density at radius 3 is 2.38 bits per heavy atom. The lowest BCUT2D eigenvalue weighted by Gasteiger charge is -2.06. The van der Waals surface area contributed by atoms with Gasteiger partial charge in [0.1, 0.15) is 7.28 Å². The van der Waals surface area contributed by atoms with E-state index in [1.165, 1.54) is 12.8 Å². The van der Waals surface area contributed by atoms with Crippen LogP contribution >= 0.6 is 12.6 Å². The summed E-state index contributed by atoms with van der Waals surface area (Å²) in [4.78, 5) is 0. The monoisotopic (exact) mass is 129 g/mol. The molecule has 0 bridgehead atoms. The minimum Gasteiger partial charge on any atom is -0.180 e. The van der Waals surface area contributed by atoms with E-state index in [1.54, 1.807) is 0 Å². The molecule has 47 valence electrons. The van der Waals surface area contributed by atoms with Crippen molar-refractivity contribution in [1.82, 2.24) is 0 Å². The van der Waals surface area contributed by atoms with E-state index in [0.717, 1.165) is 11.6 Å². The van der Waals surface area contributed by atoms with Gasteiger partial charge in [-0.15, -0.1) is 0 Å². The number of thiol groups is 1. The average Bonchev–Trinajstić information content (AvgIpc) is 1.83. The fraction of sp³-hybridized carbons (Fsp3) is 1.00. The standard InChI is InChI=1S/C6H14BS/c1-3-4-6(5-8)7-2/h6,8H,3-5H2,1-2H3. The molecule has 0 aromatic heterocycles. The molecule has 0 N–H and O–H groups in total. The van der Waals surface area contributed by atoms with E-state index in [2.05, 4.69) is 33.7 Å². The van der Waals surface area contributed by atoms with Crippen molar-refractivity contribution in [3.8, 4) is 0 Å². The van der Waals surface area contributed by atoms with Crippen LogP contribution in [0.15, 0.2) is 0 Å². The van der Waals surface area contributed by atoms with Gasteiger partial charge in [-0.25, -0.2) is 0 Å². The second kappa shape index (κ2) is 5.55. The normalized spacial score (nSPS) is 13.4. The molecular formula is C6H14BS. The Morgan fingerprint density at radius 1 is 1.62 bits per heavy atom. The van der Waals surface area contributed by atoms with Crippen LogP contribution in [0.4, 0.5) is 0 Å². The van der Waals surface area contributed by atoms with E-state index in [1.807, 2.05) is 0 Å². The summed E-state index contributed by atoms with van der Waals surface area (Å²) in [5.41, 5.74) is 0. The second-order valence-corrected chi connectivity index (χ2v) is 2.43. The first-order valence-electron chi connectivity index (χ1n) is 3.25. The molecule has 0 heterocycles. The van der Waals surface area contributed by atoms with Gasteiger partial charge in [-0.3, -0.25) is 0 Å². The van der Waals surface area contributed by atoms with E-state index >= 15 is 0 Å². The van der Waals surface area contributed by atoms with Gasteiger partial charge in [0, 0.05) is 0 Å². The molecule has 0 spiro atoms. The SMILES string of the molecule is C[B]C(CS)CCC. The van der Waals surface area contributed by atoms with Crippen molar-refractivity contribution in [2.75, 3.05) is 5.75 Å². The van der Waals surface area contributed by atoms with Gasteiger partial charge < -0.3 is 0 Å². The highest BCUT2D eigenvalue weighted by Crippen LogP contribution is 2.12. The van der Waals surface area contributed by atoms with Gasteiger partial charge in [0.25, 0.3) is 0 Å². The third kappa shape index (κ3) is 3.42. The first kappa shape index (κ1) is 8.41. The highest BCUT2D eigenvalue weighted by atomic mass is 32.1. The Morgan fingerprint density at radius 2 is 2.25 bits per heavy atom. The third-order valence-electron chi connectivity index (χ3n) is 1.37. The summed E-state index contributed by atoms with van der Waals surface area (Å²) in [7, 11) is 2.23. The van der Waals surface area contributed by atoms with E-state index in [4.69, 9.17) is 0 Å². The van der Waals surface area contributed by atoms with Crippen molar-refractivity contribution in [1.29, 1.82) is 0 Å². The van der Waals surface area contributed by atoms with Crippen molar-refractivity contribution in [3.05, 3.63) is 0 Å². The molecule has 0 amide bonds. The Labute approximate surface area is 58.7 Å². The van der Waals surface area contributed by atoms with Crippen LogP contribution in [-0.4, -0.2) is 13.0 Å². The van der Waals surface area contributed by atoms with Crippen LogP contribution in [0.1, 0.15) is 19.8 Å². The number of rotatable bonds is 4. The van der Waals surface area contributed by atoms with Crippen molar-refractivity contribution in [2.24, 2.45) is 0 Å². The van der Waals surface area contributed by atoms with Crippen LogP contribution in [0, 0.1) is 0 Å². The van der Waals surface area contributed by atoms with Crippen LogP contribution in [-0.2, 0) is 0 Å². The van der Waals surface area contributed by atoms with Gasteiger partial charge in [0.15, 0.2) is 0 Å². The molecule has 0 aromatic rings. The van der Waals surface area contributed by atoms with Crippen molar-refractivity contribution in [2.45, 2.75) is 32.4 Å². The first-order chi connectivity index (χ1) is 3.85. The molecule has 0 saturated carbocycles. The summed E-state index contributed by atoms with van der Waals surface area (Å²) in [5, 5.41) is 0.